The summed E-state index contributed by atoms with van der Waals surface area (Å²) in [7, 11) is 0. The lowest BCUT2D eigenvalue weighted by Crippen LogP contribution is -2.42. The molecule has 21 heavy (non-hydrogen) atoms. The number of benzene rings is 1. The first-order valence-electron chi connectivity index (χ1n) is 7.17. The van der Waals surface area contributed by atoms with Crippen LogP contribution in [0.3, 0.4) is 0 Å². The first-order valence-corrected chi connectivity index (χ1v) is 8.43. The highest BCUT2D eigenvalue weighted by atomic mass is 35.5. The van der Waals surface area contributed by atoms with Crippen LogP contribution in [0.1, 0.15) is 29.1 Å². The van der Waals surface area contributed by atoms with Gasteiger partial charge in [-0.05, 0) is 37.5 Å². The Balaban J connectivity index is 1.62. The van der Waals surface area contributed by atoms with E-state index in [9.17, 15) is 5.11 Å². The van der Waals surface area contributed by atoms with Gasteiger partial charge in [0.05, 0.1) is 16.3 Å². The summed E-state index contributed by atoms with van der Waals surface area (Å²) in [4.78, 5) is 6.87. The Morgan fingerprint density at radius 1 is 1.29 bits per heavy atom. The molecule has 2 heterocycles. The van der Waals surface area contributed by atoms with E-state index in [0.717, 1.165) is 48.7 Å². The smallest absolute Gasteiger partial charge is 0.0920 e. The number of nitrogens with zero attached hydrogens (tertiary/aromatic N) is 2. The minimum absolute atomic E-state index is 0.707. The molecule has 2 aromatic rings. The SMILES string of the molecule is Cc1nc(CN2CCC(O)(c3ccc(Cl)cc3)CC2)cs1. The second-order valence-corrected chi connectivity index (χ2v) is 7.17. The highest BCUT2D eigenvalue weighted by Crippen LogP contribution is 2.33. The lowest BCUT2D eigenvalue weighted by molar-refractivity contribution is -0.0279. The molecule has 1 saturated heterocycles. The fraction of sp³-hybridized carbons (Fsp3) is 0.438. The zero-order chi connectivity index (χ0) is 14.9. The monoisotopic (exact) mass is 322 g/mol. The van der Waals surface area contributed by atoms with Crippen LogP contribution < -0.4 is 0 Å². The van der Waals surface area contributed by atoms with E-state index in [0.29, 0.717) is 5.02 Å². The Kier molecular flexibility index (Phi) is 4.31. The molecule has 1 aliphatic rings. The molecule has 1 aliphatic heterocycles. The Hall–Kier alpha value is -0.940. The molecule has 1 fully saturated rings. The number of hydrogen-bond donors (Lipinski definition) is 1. The molecule has 0 radical (unpaired) electrons. The molecule has 1 aromatic carbocycles. The number of hydrogen-bond acceptors (Lipinski definition) is 4. The summed E-state index contributed by atoms with van der Waals surface area (Å²) in [5.74, 6) is 0. The van der Waals surface area contributed by atoms with Crippen LogP contribution in [0.25, 0.3) is 0 Å². The van der Waals surface area contributed by atoms with Gasteiger partial charge >= 0.3 is 0 Å². The molecule has 5 heteroatoms. The maximum absolute atomic E-state index is 10.8. The molecule has 1 aromatic heterocycles. The van der Waals surface area contributed by atoms with Crippen molar-refractivity contribution in [2.45, 2.75) is 31.9 Å². The summed E-state index contributed by atoms with van der Waals surface area (Å²) in [6.07, 6.45) is 1.50. The van der Waals surface area contributed by atoms with Crippen molar-refractivity contribution < 1.29 is 5.11 Å². The van der Waals surface area contributed by atoms with Gasteiger partial charge in [0.25, 0.3) is 0 Å². The Bertz CT molecular complexity index is 603. The third-order valence-electron chi connectivity index (χ3n) is 4.12. The molecule has 0 bridgehead atoms. The molecule has 0 spiro atoms. The van der Waals surface area contributed by atoms with E-state index < -0.39 is 5.60 Å². The Morgan fingerprint density at radius 3 is 2.52 bits per heavy atom. The molecule has 0 saturated carbocycles. The summed E-state index contributed by atoms with van der Waals surface area (Å²) in [6.45, 7) is 4.68. The van der Waals surface area contributed by atoms with Gasteiger partial charge in [-0.25, -0.2) is 4.98 Å². The standard InChI is InChI=1S/C16H19ClN2OS/c1-12-18-15(11-21-12)10-19-8-6-16(20,7-9-19)13-2-4-14(17)5-3-13/h2-5,11,20H,6-10H2,1H3. The van der Waals surface area contributed by atoms with Crippen molar-refractivity contribution in [3.05, 3.63) is 50.9 Å². The Labute approximate surface area is 134 Å². The molecule has 3 nitrogen and oxygen atoms in total. The first kappa shape index (κ1) is 15.0. The van der Waals surface area contributed by atoms with Crippen molar-refractivity contribution in [3.8, 4) is 0 Å². The molecule has 0 aliphatic carbocycles. The number of aliphatic hydroxyl groups is 1. The van der Waals surface area contributed by atoms with Crippen molar-refractivity contribution in [1.29, 1.82) is 0 Å². The van der Waals surface area contributed by atoms with E-state index in [1.54, 1.807) is 11.3 Å². The first-order chi connectivity index (χ1) is 10.0. The summed E-state index contributed by atoms with van der Waals surface area (Å²) in [5.41, 5.74) is 1.38. The molecular formula is C16H19ClN2OS. The average Bonchev–Trinajstić information content (AvgIpc) is 2.88. The summed E-state index contributed by atoms with van der Waals surface area (Å²) in [6, 6.07) is 7.56. The number of rotatable bonds is 3. The summed E-state index contributed by atoms with van der Waals surface area (Å²) < 4.78 is 0. The van der Waals surface area contributed by atoms with E-state index in [4.69, 9.17) is 11.6 Å². The minimum Gasteiger partial charge on any atom is -0.385 e. The second-order valence-electron chi connectivity index (χ2n) is 5.67. The van der Waals surface area contributed by atoms with Crippen LogP contribution in [0.2, 0.25) is 5.02 Å². The largest absolute Gasteiger partial charge is 0.385 e. The Morgan fingerprint density at radius 2 is 1.95 bits per heavy atom. The summed E-state index contributed by atoms with van der Waals surface area (Å²) in [5, 5.41) is 14.8. The van der Waals surface area contributed by atoms with Crippen LogP contribution in [-0.4, -0.2) is 28.1 Å². The van der Waals surface area contributed by atoms with Crippen LogP contribution in [0.5, 0.6) is 0 Å². The van der Waals surface area contributed by atoms with E-state index in [-0.39, 0.29) is 0 Å². The van der Waals surface area contributed by atoms with Crippen molar-refractivity contribution in [1.82, 2.24) is 9.88 Å². The van der Waals surface area contributed by atoms with Gasteiger partial charge in [-0.2, -0.15) is 0 Å². The van der Waals surface area contributed by atoms with E-state index in [1.165, 1.54) is 0 Å². The maximum atomic E-state index is 10.8. The van der Waals surface area contributed by atoms with Crippen LogP contribution in [0.4, 0.5) is 0 Å². The van der Waals surface area contributed by atoms with Crippen molar-refractivity contribution >= 4 is 22.9 Å². The minimum atomic E-state index is -0.723. The van der Waals surface area contributed by atoms with Crippen molar-refractivity contribution in [2.75, 3.05) is 13.1 Å². The number of piperidine rings is 1. The van der Waals surface area contributed by atoms with E-state index in [1.807, 2.05) is 31.2 Å². The lowest BCUT2D eigenvalue weighted by atomic mass is 9.84. The van der Waals surface area contributed by atoms with Gasteiger partial charge in [-0.3, -0.25) is 4.90 Å². The number of likely N-dealkylation sites (tertiary alicyclic amines) is 1. The maximum Gasteiger partial charge on any atom is 0.0920 e. The quantitative estimate of drug-likeness (QED) is 0.938. The second kappa shape index (κ2) is 6.05. The van der Waals surface area contributed by atoms with Gasteiger partial charge in [-0.1, -0.05) is 23.7 Å². The molecule has 1 N–H and O–H groups in total. The molecule has 0 amide bonds. The predicted molar refractivity (Wildman–Crippen MR) is 86.7 cm³/mol. The van der Waals surface area contributed by atoms with Crippen LogP contribution in [0, 0.1) is 6.92 Å². The van der Waals surface area contributed by atoms with Gasteiger partial charge in [0.1, 0.15) is 0 Å². The summed E-state index contributed by atoms with van der Waals surface area (Å²) >= 11 is 7.61. The van der Waals surface area contributed by atoms with Crippen LogP contribution in [0.15, 0.2) is 29.6 Å². The zero-order valence-electron chi connectivity index (χ0n) is 12.1. The molecule has 0 atom stereocenters. The normalized spacial score (nSPS) is 18.8. The number of aromatic nitrogens is 1. The van der Waals surface area contributed by atoms with Crippen LogP contribution >= 0.6 is 22.9 Å². The van der Waals surface area contributed by atoms with Gasteiger partial charge in [0.15, 0.2) is 0 Å². The lowest BCUT2D eigenvalue weighted by Gasteiger charge is -2.38. The zero-order valence-corrected chi connectivity index (χ0v) is 13.6. The third kappa shape index (κ3) is 3.46. The number of thiazole rings is 1. The van der Waals surface area contributed by atoms with Gasteiger partial charge in [-0.15, -0.1) is 11.3 Å². The van der Waals surface area contributed by atoms with Gasteiger partial charge < -0.3 is 5.11 Å². The molecule has 3 rings (SSSR count). The van der Waals surface area contributed by atoms with Gasteiger partial charge in [0.2, 0.25) is 0 Å². The van der Waals surface area contributed by atoms with Crippen molar-refractivity contribution in [2.24, 2.45) is 0 Å². The predicted octanol–water partition coefficient (Wildman–Crippen LogP) is 3.59. The van der Waals surface area contributed by atoms with E-state index in [2.05, 4.69) is 15.3 Å². The fourth-order valence-electron chi connectivity index (χ4n) is 2.84. The average molecular weight is 323 g/mol. The highest BCUT2D eigenvalue weighted by Gasteiger charge is 2.33. The topological polar surface area (TPSA) is 36.4 Å². The third-order valence-corrected chi connectivity index (χ3v) is 5.19. The van der Waals surface area contributed by atoms with Crippen molar-refractivity contribution in [3.63, 3.8) is 0 Å². The van der Waals surface area contributed by atoms with E-state index >= 15 is 0 Å². The van der Waals surface area contributed by atoms with Crippen LogP contribution in [-0.2, 0) is 12.1 Å². The molecular weight excluding hydrogens is 304 g/mol. The molecule has 0 unspecified atom stereocenters. The fourth-order valence-corrected chi connectivity index (χ4v) is 3.57. The number of halogens is 1. The van der Waals surface area contributed by atoms with Gasteiger partial charge in [0, 0.05) is 30.0 Å². The number of aryl methyl sites for hydroxylation is 1. The highest BCUT2D eigenvalue weighted by molar-refractivity contribution is 7.09. The molecule has 112 valence electrons.